The lowest BCUT2D eigenvalue weighted by molar-refractivity contribution is -0.136. The van der Waals surface area contributed by atoms with Crippen LogP contribution in [0, 0.1) is 0 Å². The molecule has 3 aliphatic heterocycles. The third-order valence-electron chi connectivity index (χ3n) is 10.7. The van der Waals surface area contributed by atoms with Crippen molar-refractivity contribution in [1.82, 2.24) is 25.5 Å². The first-order valence-corrected chi connectivity index (χ1v) is 22.3. The lowest BCUT2D eigenvalue weighted by atomic mass is 10.0. The highest BCUT2D eigenvalue weighted by molar-refractivity contribution is 7.70. The molecule has 0 spiro atoms. The number of amides is 3. The van der Waals surface area contributed by atoms with Crippen LogP contribution in [0.15, 0.2) is 66.9 Å². The zero-order valence-electron chi connectivity index (χ0n) is 32.4. The number of carbonyl (C=O) groups excluding carboxylic acids is 3. The number of benzene rings is 3. The van der Waals surface area contributed by atoms with Gasteiger partial charge in [0.15, 0.2) is 5.82 Å². The highest BCUT2D eigenvalue weighted by atomic mass is 35.5. The van der Waals surface area contributed by atoms with Crippen molar-refractivity contribution in [2.75, 3.05) is 67.5 Å². The molecular formula is C41H49ClN9O5P. The largest absolute Gasteiger partial charge is 0.494 e. The van der Waals surface area contributed by atoms with Crippen LogP contribution in [0.1, 0.15) is 54.4 Å². The van der Waals surface area contributed by atoms with Crippen LogP contribution < -0.4 is 41.5 Å². The summed E-state index contributed by atoms with van der Waals surface area (Å²) in [6, 6.07) is 19.0. The molecule has 3 aliphatic rings. The van der Waals surface area contributed by atoms with Gasteiger partial charge in [-0.2, -0.15) is 4.98 Å². The fourth-order valence-corrected chi connectivity index (χ4v) is 8.96. The van der Waals surface area contributed by atoms with Gasteiger partial charge in [0.2, 0.25) is 17.8 Å². The van der Waals surface area contributed by atoms with Crippen molar-refractivity contribution >= 4 is 76.3 Å². The molecule has 57 heavy (non-hydrogen) atoms. The molecule has 0 aliphatic carbocycles. The first kappa shape index (κ1) is 40.0. The molecule has 16 heteroatoms. The quantitative estimate of drug-likeness (QED) is 0.0533. The predicted molar refractivity (Wildman–Crippen MR) is 226 cm³/mol. The van der Waals surface area contributed by atoms with E-state index < -0.39 is 19.1 Å². The van der Waals surface area contributed by atoms with E-state index in [1.54, 1.807) is 31.4 Å². The number of nitrogens with zero attached hydrogens (tertiary/aromatic N) is 4. The van der Waals surface area contributed by atoms with Gasteiger partial charge in [-0.05, 0) is 88.4 Å². The highest BCUT2D eigenvalue weighted by Gasteiger charge is 2.39. The van der Waals surface area contributed by atoms with Crippen molar-refractivity contribution in [2.24, 2.45) is 0 Å². The van der Waals surface area contributed by atoms with Crippen LogP contribution in [0.2, 0.25) is 5.02 Å². The van der Waals surface area contributed by atoms with E-state index in [0.717, 1.165) is 68.8 Å². The average Bonchev–Trinajstić information content (AvgIpc) is 3.53. The lowest BCUT2D eigenvalue weighted by Crippen LogP contribution is -2.52. The Hall–Kier alpha value is -5.17. The zero-order valence-corrected chi connectivity index (χ0v) is 34.1. The van der Waals surface area contributed by atoms with Crippen molar-refractivity contribution in [3.8, 4) is 5.75 Å². The molecule has 1 aromatic heterocycles. The van der Waals surface area contributed by atoms with Crippen molar-refractivity contribution in [3.63, 3.8) is 0 Å². The van der Waals surface area contributed by atoms with E-state index in [4.69, 9.17) is 16.3 Å². The number of ether oxygens (including phenoxy) is 1. The first-order valence-electron chi connectivity index (χ1n) is 19.4. The van der Waals surface area contributed by atoms with Crippen LogP contribution in [0.5, 0.6) is 5.75 Å². The Morgan fingerprint density at radius 1 is 0.930 bits per heavy atom. The van der Waals surface area contributed by atoms with E-state index in [1.165, 1.54) is 6.20 Å². The molecule has 0 radical (unpaired) electrons. The molecule has 1 unspecified atom stereocenters. The number of methoxy groups -OCH3 is 1. The van der Waals surface area contributed by atoms with Gasteiger partial charge in [0.05, 0.1) is 24.7 Å². The van der Waals surface area contributed by atoms with Gasteiger partial charge in [-0.15, -0.1) is 0 Å². The second-order valence-corrected chi connectivity index (χ2v) is 18.6. The van der Waals surface area contributed by atoms with Gasteiger partial charge in [-0.25, -0.2) is 4.98 Å². The number of halogens is 1. The minimum Gasteiger partial charge on any atom is -0.494 e. The number of fused-ring (bicyclic) bond motifs is 1. The maximum absolute atomic E-state index is 13.1. The lowest BCUT2D eigenvalue weighted by Gasteiger charge is -2.34. The van der Waals surface area contributed by atoms with Gasteiger partial charge < -0.3 is 40.4 Å². The number of hydrogen-bond acceptors (Lipinski definition) is 12. The number of rotatable bonds is 15. The number of anilines is 6. The Bertz CT molecular complexity index is 2190. The van der Waals surface area contributed by atoms with E-state index in [9.17, 15) is 18.9 Å². The van der Waals surface area contributed by atoms with Gasteiger partial charge in [-0.3, -0.25) is 19.7 Å². The normalized spacial score (nSPS) is 17.3. The minimum absolute atomic E-state index is 0.162. The third kappa shape index (κ3) is 9.35. The fourth-order valence-electron chi connectivity index (χ4n) is 7.66. The summed E-state index contributed by atoms with van der Waals surface area (Å²) in [5.74, 6) is 0.547. The molecule has 7 rings (SSSR count). The van der Waals surface area contributed by atoms with Crippen molar-refractivity contribution in [3.05, 3.63) is 83.0 Å². The molecule has 2 saturated heterocycles. The van der Waals surface area contributed by atoms with Crippen molar-refractivity contribution < 1.29 is 23.7 Å². The van der Waals surface area contributed by atoms with Crippen LogP contribution in [-0.2, 0) is 20.7 Å². The maximum Gasteiger partial charge on any atom is 0.255 e. The summed E-state index contributed by atoms with van der Waals surface area (Å²) in [5.41, 5.74) is 4.92. The number of imide groups is 1. The number of para-hydroxylation sites is 1. The van der Waals surface area contributed by atoms with E-state index in [0.29, 0.717) is 63.8 Å². The van der Waals surface area contributed by atoms with E-state index in [2.05, 4.69) is 47.5 Å². The number of carbonyl (C=O) groups is 3. The van der Waals surface area contributed by atoms with Gasteiger partial charge >= 0.3 is 0 Å². The summed E-state index contributed by atoms with van der Waals surface area (Å²) in [4.78, 5) is 50.1. The monoisotopic (exact) mass is 813 g/mol. The third-order valence-corrected chi connectivity index (χ3v) is 12.5. The SMILES string of the molecule is COc1cc(N2CCC(NCCCCNc3cccc4c3CN(C3CCC(=O)NC3=O)C4=O)CC2)ccc1Nc1ncc(Cl)c(Nc2ccccc2P(C)(C)=O)n1. The Morgan fingerprint density at radius 3 is 2.47 bits per heavy atom. The standard InChI is InChI=1S/C41H49ClN9O5P/c1-56-35-23-27(13-14-32(35)47-41-45-24-30(42)38(49-41)46-33-10-4-5-12-36(33)57(2,3)55)50-21-17-26(18-22-50)43-19-6-7-20-44-31-11-8-9-28-29(31)25-51(40(28)54)34-15-16-37(52)48-39(34)53/h4-5,8-14,23-24,26,34,43-44H,6-7,15-22,25H2,1-3H3,(H,48,52,53)(H2,45,46,47,49). The van der Waals surface area contributed by atoms with Crippen molar-refractivity contribution in [1.29, 1.82) is 0 Å². The van der Waals surface area contributed by atoms with Gasteiger partial charge in [0.1, 0.15) is 24.0 Å². The zero-order chi connectivity index (χ0) is 40.1. The molecule has 0 saturated carbocycles. The first-order chi connectivity index (χ1) is 27.5. The summed E-state index contributed by atoms with van der Waals surface area (Å²) in [5, 5.41) is 17.2. The topological polar surface area (TPSA) is 170 Å². The van der Waals surface area contributed by atoms with E-state index >= 15 is 0 Å². The van der Waals surface area contributed by atoms with Crippen molar-refractivity contribution in [2.45, 2.75) is 57.2 Å². The molecule has 4 aromatic rings. The number of hydrogen-bond donors (Lipinski definition) is 5. The fraction of sp³-hybridized carbons (Fsp3) is 0.390. The average molecular weight is 814 g/mol. The van der Waals surface area contributed by atoms with Crippen LogP contribution >= 0.6 is 18.7 Å². The van der Waals surface area contributed by atoms with Gasteiger partial charge in [-0.1, -0.05) is 29.8 Å². The number of aromatic nitrogens is 2. The van der Waals surface area contributed by atoms with Crippen LogP contribution in [0.4, 0.5) is 34.5 Å². The Labute approximate surface area is 337 Å². The van der Waals surface area contributed by atoms with Gasteiger partial charge in [0.25, 0.3) is 5.91 Å². The molecule has 3 amide bonds. The molecule has 1 atom stereocenters. The Balaban J connectivity index is 0.855. The van der Waals surface area contributed by atoms with E-state index in [1.807, 2.05) is 48.5 Å². The smallest absolute Gasteiger partial charge is 0.255 e. The number of piperidine rings is 2. The minimum atomic E-state index is -2.55. The predicted octanol–water partition coefficient (Wildman–Crippen LogP) is 6.09. The summed E-state index contributed by atoms with van der Waals surface area (Å²) in [6.45, 7) is 7.35. The maximum atomic E-state index is 13.1. The summed E-state index contributed by atoms with van der Waals surface area (Å²) >= 11 is 6.46. The molecular weight excluding hydrogens is 765 g/mol. The Morgan fingerprint density at radius 2 is 1.70 bits per heavy atom. The molecule has 300 valence electrons. The highest BCUT2D eigenvalue weighted by Crippen LogP contribution is 2.39. The molecule has 3 aromatic carbocycles. The van der Waals surface area contributed by atoms with Crippen LogP contribution in [-0.4, -0.2) is 91.3 Å². The second-order valence-electron chi connectivity index (χ2n) is 15.0. The molecule has 4 heterocycles. The van der Waals surface area contributed by atoms with E-state index in [-0.39, 0.29) is 18.2 Å². The van der Waals surface area contributed by atoms with Crippen LogP contribution in [0.25, 0.3) is 0 Å². The second kappa shape index (κ2) is 17.5. The molecule has 2 fully saturated rings. The molecule has 5 N–H and O–H groups in total. The Kier molecular flexibility index (Phi) is 12.3. The summed E-state index contributed by atoms with van der Waals surface area (Å²) in [6.07, 6.45) is 6.14. The van der Waals surface area contributed by atoms with Crippen LogP contribution in [0.3, 0.4) is 0 Å². The number of unbranched alkanes of at least 4 members (excludes halogenated alkanes) is 1. The number of nitrogens with one attached hydrogen (secondary N) is 5. The van der Waals surface area contributed by atoms with Gasteiger partial charge in [0, 0.05) is 72.5 Å². The summed E-state index contributed by atoms with van der Waals surface area (Å²) in [7, 11) is -0.906. The summed E-state index contributed by atoms with van der Waals surface area (Å²) < 4.78 is 18.7. The molecule has 14 nitrogen and oxygen atoms in total. The molecule has 0 bridgehead atoms.